The Bertz CT molecular complexity index is 511. The molecule has 1 aliphatic rings. The summed E-state index contributed by atoms with van der Waals surface area (Å²) < 4.78 is 5.97. The predicted octanol–water partition coefficient (Wildman–Crippen LogP) is 2.91. The number of amides is 1. The minimum atomic E-state index is -0.449. The molecule has 0 radical (unpaired) electrons. The second kappa shape index (κ2) is 8.09. The van der Waals surface area contributed by atoms with Crippen LogP contribution in [0.2, 0.25) is 0 Å². The number of carbonyl (C=O) groups is 1. The second-order valence-electron chi connectivity index (χ2n) is 6.05. The molecule has 6 heteroatoms. The van der Waals surface area contributed by atoms with E-state index in [2.05, 4.69) is 5.32 Å². The Balaban J connectivity index is 0.00000242. The van der Waals surface area contributed by atoms with E-state index < -0.39 is 6.04 Å². The maximum absolute atomic E-state index is 12.3. The number of nitrogens with two attached hydrogens (primary N) is 1. The molecule has 124 valence electrons. The van der Waals surface area contributed by atoms with Crippen LogP contribution in [0, 0.1) is 0 Å². The molecule has 0 aliphatic carbocycles. The molecular weight excluding hydrogens is 320 g/mol. The molecule has 0 fully saturated rings. The monoisotopic (exact) mass is 344 g/mol. The van der Waals surface area contributed by atoms with Crippen molar-refractivity contribution in [2.45, 2.75) is 44.4 Å². The van der Waals surface area contributed by atoms with Gasteiger partial charge < -0.3 is 15.8 Å². The smallest absolute Gasteiger partial charge is 0.237 e. The lowest BCUT2D eigenvalue weighted by Gasteiger charge is -2.38. The molecule has 0 spiro atoms. The van der Waals surface area contributed by atoms with Crippen molar-refractivity contribution in [2.75, 3.05) is 12.0 Å². The highest BCUT2D eigenvalue weighted by Gasteiger charge is 2.34. The number of hydrogen-bond donors (Lipinski definition) is 2. The molecule has 0 aromatic heterocycles. The first kappa shape index (κ1) is 19.1. The first-order valence-corrected chi connectivity index (χ1v) is 8.65. The van der Waals surface area contributed by atoms with Crippen LogP contribution in [-0.2, 0) is 4.79 Å². The highest BCUT2D eigenvalue weighted by atomic mass is 35.5. The van der Waals surface area contributed by atoms with Gasteiger partial charge in [0.1, 0.15) is 11.4 Å². The van der Waals surface area contributed by atoms with Crippen LogP contribution in [0.25, 0.3) is 0 Å². The van der Waals surface area contributed by atoms with E-state index in [9.17, 15) is 4.79 Å². The number of hydrogen-bond acceptors (Lipinski definition) is 4. The van der Waals surface area contributed by atoms with Gasteiger partial charge in [0, 0.05) is 12.0 Å². The summed E-state index contributed by atoms with van der Waals surface area (Å²) in [6, 6.07) is 7.37. The van der Waals surface area contributed by atoms with Crippen LogP contribution < -0.4 is 15.8 Å². The van der Waals surface area contributed by atoms with Crippen LogP contribution in [0.1, 0.15) is 38.3 Å². The summed E-state index contributed by atoms with van der Waals surface area (Å²) >= 11 is 1.70. The SMILES string of the molecule is CSCC[C@H](N)C(=O)NC1CC(C)(C)Oc2ccccc21.Cl. The number of ether oxygens (including phenoxy) is 1. The van der Waals surface area contributed by atoms with Crippen molar-refractivity contribution in [3.63, 3.8) is 0 Å². The maximum Gasteiger partial charge on any atom is 0.237 e. The van der Waals surface area contributed by atoms with Gasteiger partial charge in [0.15, 0.2) is 0 Å². The summed E-state index contributed by atoms with van der Waals surface area (Å²) in [6.45, 7) is 4.07. The Morgan fingerprint density at radius 1 is 1.50 bits per heavy atom. The van der Waals surface area contributed by atoms with Crippen molar-refractivity contribution < 1.29 is 9.53 Å². The highest BCUT2D eigenvalue weighted by Crippen LogP contribution is 2.39. The van der Waals surface area contributed by atoms with Crippen LogP contribution >= 0.6 is 24.2 Å². The predicted molar refractivity (Wildman–Crippen MR) is 94.9 cm³/mol. The molecule has 1 aromatic rings. The largest absolute Gasteiger partial charge is 0.487 e. The van der Waals surface area contributed by atoms with Gasteiger partial charge in [-0.2, -0.15) is 11.8 Å². The van der Waals surface area contributed by atoms with Gasteiger partial charge in [0.2, 0.25) is 5.91 Å². The van der Waals surface area contributed by atoms with Gasteiger partial charge in [-0.05, 0) is 38.3 Å². The molecule has 2 atom stereocenters. The quantitative estimate of drug-likeness (QED) is 0.862. The summed E-state index contributed by atoms with van der Waals surface area (Å²) in [5, 5.41) is 3.09. The molecule has 3 N–H and O–H groups in total. The fourth-order valence-corrected chi connectivity index (χ4v) is 3.08. The van der Waals surface area contributed by atoms with Crippen molar-refractivity contribution in [3.05, 3.63) is 29.8 Å². The molecule has 0 bridgehead atoms. The Hall–Kier alpha value is -0.910. The van der Waals surface area contributed by atoms with E-state index >= 15 is 0 Å². The van der Waals surface area contributed by atoms with Crippen LogP contribution in [0.4, 0.5) is 0 Å². The topological polar surface area (TPSA) is 64.4 Å². The third-order valence-electron chi connectivity index (χ3n) is 3.66. The Labute approximate surface area is 143 Å². The number of para-hydroxylation sites is 1. The zero-order chi connectivity index (χ0) is 15.5. The standard InChI is InChI=1S/C16H24N2O2S.ClH/c1-16(2)10-13(11-6-4-5-7-14(11)20-16)18-15(19)12(17)8-9-21-3;/h4-7,12-13H,8-10,17H2,1-3H3,(H,18,19);1H/t12-,13?;/m0./s1. The number of nitrogens with one attached hydrogen (secondary N) is 1. The average Bonchev–Trinajstić information content (AvgIpc) is 2.43. The first-order chi connectivity index (χ1) is 9.93. The fraction of sp³-hybridized carbons (Fsp3) is 0.562. The molecule has 1 aliphatic heterocycles. The zero-order valence-corrected chi connectivity index (χ0v) is 14.9. The van der Waals surface area contributed by atoms with Gasteiger partial charge >= 0.3 is 0 Å². The molecule has 0 saturated carbocycles. The van der Waals surface area contributed by atoms with E-state index in [0.29, 0.717) is 6.42 Å². The van der Waals surface area contributed by atoms with Gasteiger partial charge in [0.05, 0.1) is 12.1 Å². The molecule has 4 nitrogen and oxygen atoms in total. The summed E-state index contributed by atoms with van der Waals surface area (Å²) in [5.74, 6) is 1.66. The molecule has 1 amide bonds. The third-order valence-corrected chi connectivity index (χ3v) is 4.31. The van der Waals surface area contributed by atoms with Gasteiger partial charge in [-0.15, -0.1) is 12.4 Å². The lowest BCUT2D eigenvalue weighted by Crippen LogP contribution is -2.46. The van der Waals surface area contributed by atoms with Crippen LogP contribution in [-0.4, -0.2) is 29.6 Å². The van der Waals surface area contributed by atoms with E-state index in [4.69, 9.17) is 10.5 Å². The van der Waals surface area contributed by atoms with Crippen LogP contribution in [0.5, 0.6) is 5.75 Å². The number of thioether (sulfide) groups is 1. The summed E-state index contributed by atoms with van der Waals surface area (Å²) in [6.07, 6.45) is 3.45. The highest BCUT2D eigenvalue weighted by molar-refractivity contribution is 7.98. The molecular formula is C16H25ClN2O2S. The van der Waals surface area contributed by atoms with E-state index in [1.165, 1.54) is 0 Å². The molecule has 2 rings (SSSR count). The summed E-state index contributed by atoms with van der Waals surface area (Å²) in [4.78, 5) is 12.3. The second-order valence-corrected chi connectivity index (χ2v) is 7.04. The van der Waals surface area contributed by atoms with Gasteiger partial charge in [0.25, 0.3) is 0 Å². The first-order valence-electron chi connectivity index (χ1n) is 7.26. The maximum atomic E-state index is 12.3. The van der Waals surface area contributed by atoms with E-state index in [-0.39, 0.29) is 30.0 Å². The minimum Gasteiger partial charge on any atom is -0.487 e. The van der Waals surface area contributed by atoms with Crippen molar-refractivity contribution in [2.24, 2.45) is 5.73 Å². The summed E-state index contributed by atoms with van der Waals surface area (Å²) in [5.41, 5.74) is 6.69. The molecule has 0 saturated heterocycles. The normalized spacial score (nSPS) is 20.1. The van der Waals surface area contributed by atoms with Gasteiger partial charge in [-0.1, -0.05) is 18.2 Å². The number of halogens is 1. The number of carbonyl (C=O) groups excluding carboxylic acids is 1. The van der Waals surface area contributed by atoms with Crippen molar-refractivity contribution in [1.82, 2.24) is 5.32 Å². The lowest BCUT2D eigenvalue weighted by atomic mass is 9.89. The Kier molecular flexibility index (Phi) is 7.03. The number of rotatable bonds is 5. The van der Waals surface area contributed by atoms with E-state index in [0.717, 1.165) is 23.5 Å². The van der Waals surface area contributed by atoms with Crippen LogP contribution in [0.3, 0.4) is 0 Å². The Morgan fingerprint density at radius 3 is 2.86 bits per heavy atom. The summed E-state index contributed by atoms with van der Waals surface area (Å²) in [7, 11) is 0. The Morgan fingerprint density at radius 2 is 2.18 bits per heavy atom. The van der Waals surface area contributed by atoms with Crippen LogP contribution in [0.15, 0.2) is 24.3 Å². The molecule has 1 heterocycles. The fourth-order valence-electron chi connectivity index (χ4n) is 2.59. The zero-order valence-electron chi connectivity index (χ0n) is 13.3. The molecule has 1 unspecified atom stereocenters. The van der Waals surface area contributed by atoms with Crippen molar-refractivity contribution >= 4 is 30.1 Å². The van der Waals surface area contributed by atoms with Crippen molar-refractivity contribution in [3.8, 4) is 5.75 Å². The lowest BCUT2D eigenvalue weighted by molar-refractivity contribution is -0.123. The molecule has 1 aromatic carbocycles. The van der Waals surface area contributed by atoms with E-state index in [1.807, 2.05) is 44.4 Å². The van der Waals surface area contributed by atoms with Gasteiger partial charge in [-0.25, -0.2) is 0 Å². The minimum absolute atomic E-state index is 0. The van der Waals surface area contributed by atoms with Crippen molar-refractivity contribution in [1.29, 1.82) is 0 Å². The number of benzene rings is 1. The molecule has 22 heavy (non-hydrogen) atoms. The average molecular weight is 345 g/mol. The van der Waals surface area contributed by atoms with Gasteiger partial charge in [-0.3, -0.25) is 4.79 Å². The third kappa shape index (κ3) is 4.80. The number of fused-ring (bicyclic) bond motifs is 1. The van der Waals surface area contributed by atoms with E-state index in [1.54, 1.807) is 11.8 Å².